The molecule has 1 aromatic rings. The maximum atomic E-state index is 13.0. The maximum absolute atomic E-state index is 13.0. The minimum atomic E-state index is -0.426. The van der Waals surface area contributed by atoms with E-state index >= 15 is 0 Å². The van der Waals surface area contributed by atoms with Crippen LogP contribution in [0.25, 0.3) is 0 Å². The zero-order valence-electron chi connectivity index (χ0n) is 10.6. The molecule has 0 fully saturated rings. The molecule has 100 valence electrons. The highest BCUT2D eigenvalue weighted by atomic mass is 35.5. The molecule has 1 rings (SSSR count). The molecule has 1 atom stereocenters. The molecule has 0 saturated carbocycles. The Morgan fingerprint density at radius 3 is 2.78 bits per heavy atom. The molecule has 0 aliphatic heterocycles. The molecule has 0 saturated heterocycles. The summed E-state index contributed by atoms with van der Waals surface area (Å²) in [6, 6.07) is 4.25. The Labute approximate surface area is 112 Å². The molecule has 2 N–H and O–H groups in total. The van der Waals surface area contributed by atoms with E-state index in [4.69, 9.17) is 11.6 Å². The summed E-state index contributed by atoms with van der Waals surface area (Å²) in [4.78, 5) is 11.6. The fourth-order valence-corrected chi connectivity index (χ4v) is 1.89. The van der Waals surface area contributed by atoms with Gasteiger partial charge in [0.15, 0.2) is 0 Å². The molecule has 3 nitrogen and oxygen atoms in total. The molecule has 18 heavy (non-hydrogen) atoms. The molecule has 1 aromatic carbocycles. The van der Waals surface area contributed by atoms with Crippen molar-refractivity contribution < 1.29 is 9.18 Å². The van der Waals surface area contributed by atoms with Gasteiger partial charge in [0.05, 0.1) is 6.54 Å². The average molecular weight is 273 g/mol. The summed E-state index contributed by atoms with van der Waals surface area (Å²) in [5.74, 6) is -0.541. The minimum absolute atomic E-state index is 0.105. The number of carbonyl (C=O) groups excluding carboxylic acids is 1. The molecule has 1 amide bonds. The molecule has 0 radical (unpaired) electrons. The van der Waals surface area contributed by atoms with E-state index in [-0.39, 0.29) is 18.5 Å². The Morgan fingerprint density at radius 2 is 2.17 bits per heavy atom. The van der Waals surface area contributed by atoms with Crippen molar-refractivity contribution >= 4 is 23.2 Å². The number of hydrogen-bond acceptors (Lipinski definition) is 2. The van der Waals surface area contributed by atoms with Crippen molar-refractivity contribution in [1.82, 2.24) is 5.32 Å². The van der Waals surface area contributed by atoms with Gasteiger partial charge < -0.3 is 10.6 Å². The van der Waals surface area contributed by atoms with Crippen molar-refractivity contribution in [3.8, 4) is 0 Å². The Hall–Kier alpha value is -1.29. The number of carbonyl (C=O) groups is 1. The molecule has 1 unspecified atom stereocenters. The first-order valence-corrected chi connectivity index (χ1v) is 6.38. The van der Waals surface area contributed by atoms with Crippen LogP contribution >= 0.6 is 11.6 Å². The van der Waals surface area contributed by atoms with Crippen LogP contribution in [0.15, 0.2) is 18.2 Å². The fraction of sp³-hybridized carbons (Fsp3) is 0.462. The number of rotatable bonds is 6. The highest BCUT2D eigenvalue weighted by molar-refractivity contribution is 6.30. The number of anilines is 1. The van der Waals surface area contributed by atoms with Crippen LogP contribution in [0.3, 0.4) is 0 Å². The van der Waals surface area contributed by atoms with Crippen molar-refractivity contribution in [1.29, 1.82) is 0 Å². The average Bonchev–Trinajstić information content (AvgIpc) is 2.25. The van der Waals surface area contributed by atoms with Gasteiger partial charge in [-0.3, -0.25) is 4.79 Å². The largest absolute Gasteiger partial charge is 0.376 e. The zero-order chi connectivity index (χ0) is 13.5. The number of benzene rings is 1. The van der Waals surface area contributed by atoms with Crippen molar-refractivity contribution in [3.05, 3.63) is 29.0 Å². The first kappa shape index (κ1) is 14.8. The van der Waals surface area contributed by atoms with Crippen LogP contribution in [-0.4, -0.2) is 18.5 Å². The van der Waals surface area contributed by atoms with E-state index in [0.29, 0.717) is 10.7 Å². The highest BCUT2D eigenvalue weighted by Crippen LogP contribution is 2.17. The van der Waals surface area contributed by atoms with Crippen molar-refractivity contribution in [2.75, 3.05) is 11.9 Å². The first-order chi connectivity index (χ1) is 8.51. The second-order valence-corrected chi connectivity index (χ2v) is 4.71. The normalized spacial score (nSPS) is 12.0. The van der Waals surface area contributed by atoms with Gasteiger partial charge in [-0.05, 0) is 31.5 Å². The topological polar surface area (TPSA) is 41.1 Å². The van der Waals surface area contributed by atoms with Gasteiger partial charge in [-0.1, -0.05) is 24.9 Å². The van der Waals surface area contributed by atoms with Gasteiger partial charge in [0.1, 0.15) is 5.82 Å². The van der Waals surface area contributed by atoms with Crippen LogP contribution in [-0.2, 0) is 4.79 Å². The van der Waals surface area contributed by atoms with Gasteiger partial charge in [-0.25, -0.2) is 4.39 Å². The van der Waals surface area contributed by atoms with Gasteiger partial charge in [-0.2, -0.15) is 0 Å². The van der Waals surface area contributed by atoms with Crippen LogP contribution in [0.5, 0.6) is 0 Å². The summed E-state index contributed by atoms with van der Waals surface area (Å²) in [6.07, 6.45) is 1.96. The fourth-order valence-electron chi connectivity index (χ4n) is 1.67. The molecule has 0 aliphatic rings. The molecule has 0 heterocycles. The van der Waals surface area contributed by atoms with E-state index in [1.165, 1.54) is 12.1 Å². The maximum Gasteiger partial charge on any atom is 0.239 e. The summed E-state index contributed by atoms with van der Waals surface area (Å²) in [6.45, 7) is 4.13. The molecule has 0 aliphatic carbocycles. The van der Waals surface area contributed by atoms with Crippen LogP contribution in [0, 0.1) is 5.82 Å². The van der Waals surface area contributed by atoms with E-state index in [0.717, 1.165) is 12.8 Å². The lowest BCUT2D eigenvalue weighted by Crippen LogP contribution is -2.36. The van der Waals surface area contributed by atoms with E-state index < -0.39 is 5.82 Å². The standard InChI is InChI=1S/C13H18ClFN2O/c1-3-4-9(2)17-13(18)8-16-12-6-10(14)5-11(15)7-12/h5-7,9,16H,3-4,8H2,1-2H3,(H,17,18). The second-order valence-electron chi connectivity index (χ2n) is 4.27. The quantitative estimate of drug-likeness (QED) is 0.835. The summed E-state index contributed by atoms with van der Waals surface area (Å²) in [7, 11) is 0. The lowest BCUT2D eigenvalue weighted by atomic mass is 10.2. The van der Waals surface area contributed by atoms with E-state index in [1.807, 2.05) is 6.92 Å². The summed E-state index contributed by atoms with van der Waals surface area (Å²) >= 11 is 5.71. The van der Waals surface area contributed by atoms with Crippen molar-refractivity contribution in [3.63, 3.8) is 0 Å². The second kappa shape index (κ2) is 7.21. The molecule has 0 aromatic heterocycles. The Morgan fingerprint density at radius 1 is 1.44 bits per heavy atom. The van der Waals surface area contributed by atoms with Gasteiger partial charge in [0.2, 0.25) is 5.91 Å². The molecule has 0 spiro atoms. The zero-order valence-corrected chi connectivity index (χ0v) is 11.4. The van der Waals surface area contributed by atoms with E-state index in [1.54, 1.807) is 6.07 Å². The highest BCUT2D eigenvalue weighted by Gasteiger charge is 2.06. The van der Waals surface area contributed by atoms with Crippen LogP contribution < -0.4 is 10.6 Å². The van der Waals surface area contributed by atoms with Gasteiger partial charge in [-0.15, -0.1) is 0 Å². The van der Waals surface area contributed by atoms with Crippen LogP contribution in [0.1, 0.15) is 26.7 Å². The number of amides is 1. The third-order valence-electron chi connectivity index (χ3n) is 2.44. The summed E-state index contributed by atoms with van der Waals surface area (Å²) < 4.78 is 13.0. The number of halogens is 2. The minimum Gasteiger partial charge on any atom is -0.376 e. The smallest absolute Gasteiger partial charge is 0.239 e. The van der Waals surface area contributed by atoms with Crippen molar-refractivity contribution in [2.45, 2.75) is 32.7 Å². The van der Waals surface area contributed by atoms with Crippen LogP contribution in [0.2, 0.25) is 5.02 Å². The van der Waals surface area contributed by atoms with E-state index in [9.17, 15) is 9.18 Å². The predicted octanol–water partition coefficient (Wildman–Crippen LogP) is 3.20. The van der Waals surface area contributed by atoms with Crippen LogP contribution in [0.4, 0.5) is 10.1 Å². The predicted molar refractivity (Wildman–Crippen MR) is 72.4 cm³/mol. The van der Waals surface area contributed by atoms with Gasteiger partial charge in [0.25, 0.3) is 0 Å². The third-order valence-corrected chi connectivity index (χ3v) is 2.66. The Balaban J connectivity index is 2.42. The molecule has 5 heteroatoms. The summed E-state index contributed by atoms with van der Waals surface area (Å²) in [5, 5.41) is 5.99. The summed E-state index contributed by atoms with van der Waals surface area (Å²) in [5.41, 5.74) is 0.498. The third kappa shape index (κ3) is 5.36. The van der Waals surface area contributed by atoms with Gasteiger partial charge >= 0.3 is 0 Å². The first-order valence-electron chi connectivity index (χ1n) is 6.00. The number of hydrogen-bond donors (Lipinski definition) is 2. The number of nitrogens with one attached hydrogen (secondary N) is 2. The van der Waals surface area contributed by atoms with Crippen molar-refractivity contribution in [2.24, 2.45) is 0 Å². The van der Waals surface area contributed by atoms with E-state index in [2.05, 4.69) is 17.6 Å². The van der Waals surface area contributed by atoms with Gasteiger partial charge in [0, 0.05) is 16.8 Å². The SMILES string of the molecule is CCCC(C)NC(=O)CNc1cc(F)cc(Cl)c1. The monoisotopic (exact) mass is 272 g/mol. The Kier molecular flexibility index (Phi) is 5.92. The lowest BCUT2D eigenvalue weighted by Gasteiger charge is -2.13. The lowest BCUT2D eigenvalue weighted by molar-refractivity contribution is -0.120. The molecular formula is C13H18ClFN2O. The Bertz CT molecular complexity index is 392. The molecule has 0 bridgehead atoms. The molecular weight excluding hydrogens is 255 g/mol.